The first-order valence-electron chi connectivity index (χ1n) is 11.6. The summed E-state index contributed by atoms with van der Waals surface area (Å²) in [6.07, 6.45) is 5.88. The minimum absolute atomic E-state index is 0.0467. The molecule has 0 bridgehead atoms. The molecule has 2 rings (SSSR count). The number of alkyl halides is 6. The van der Waals surface area contributed by atoms with Gasteiger partial charge >= 0.3 is 6.61 Å². The van der Waals surface area contributed by atoms with Gasteiger partial charge in [-0.15, -0.1) is 20.8 Å². The molecule has 0 saturated heterocycles. The Morgan fingerprint density at radius 1 is 1.32 bits per heavy atom. The van der Waals surface area contributed by atoms with Crippen molar-refractivity contribution in [1.29, 1.82) is 0 Å². The van der Waals surface area contributed by atoms with Crippen LogP contribution in [0.2, 0.25) is 0 Å². The molecule has 1 aromatic heterocycles. The number of ether oxygens (including phenoxy) is 1. The number of rotatable bonds is 11. The van der Waals surface area contributed by atoms with Crippen molar-refractivity contribution in [3.63, 3.8) is 0 Å². The van der Waals surface area contributed by atoms with E-state index in [-0.39, 0.29) is 29.4 Å². The third-order valence-electron chi connectivity index (χ3n) is 4.35. The van der Waals surface area contributed by atoms with Gasteiger partial charge in [0.15, 0.2) is 5.76 Å². The smallest absolute Gasteiger partial charge is 0.387 e. The van der Waals surface area contributed by atoms with Gasteiger partial charge in [-0.05, 0) is 31.3 Å². The molecule has 15 heteroatoms. The van der Waals surface area contributed by atoms with Gasteiger partial charge in [0, 0.05) is 25.4 Å². The van der Waals surface area contributed by atoms with Crippen LogP contribution in [-0.4, -0.2) is 49.2 Å². The molecule has 3 unspecified atom stereocenters. The van der Waals surface area contributed by atoms with Crippen molar-refractivity contribution in [2.45, 2.75) is 31.5 Å². The summed E-state index contributed by atoms with van der Waals surface area (Å²) < 4.78 is 70.1. The van der Waals surface area contributed by atoms with Crippen LogP contribution in [0.4, 0.5) is 22.0 Å². The number of amides is 1. The van der Waals surface area contributed by atoms with Crippen LogP contribution in [0, 0.1) is 0 Å². The monoisotopic (exact) mass is 640 g/mol. The van der Waals surface area contributed by atoms with Gasteiger partial charge in [0.25, 0.3) is 11.6 Å². The molecule has 0 fully saturated rings. The fraction of sp³-hybridized carbons (Fsp3) is 0.269. The molecule has 0 aliphatic rings. The van der Waals surface area contributed by atoms with Crippen molar-refractivity contribution in [3.8, 4) is 5.75 Å². The second-order valence-electron chi connectivity index (χ2n) is 7.34. The Kier molecular flexibility index (Phi) is 18.4. The lowest BCUT2D eigenvalue weighted by Crippen LogP contribution is -2.22. The van der Waals surface area contributed by atoms with Crippen LogP contribution >= 0.6 is 30.1 Å². The van der Waals surface area contributed by atoms with Gasteiger partial charge in [0.1, 0.15) is 22.7 Å². The number of nitrogens with one attached hydrogen (secondary N) is 2. The standard InChI is InChI=1S/C17H21ClF2N4O2P2.C7H6F2O.C2H5F/c1-5-6-7-11(27)13(9(2)18)15-14(16(25)21-3)10(26-24-15)8-12(23-22-4)17(19,20)28;8-7(9)10-6-4-2-1-3-5-6;1-2-3/h5-9,23H,1,4,27-28H2,2-3H3,(H,21,25);1-5,7H;2H2,1H3/b7-6-,12-8+,13-11-;;. The third-order valence-corrected chi connectivity index (χ3v) is 5.38. The summed E-state index contributed by atoms with van der Waals surface area (Å²) in [5, 5.41) is 9.66. The molecule has 41 heavy (non-hydrogen) atoms. The normalized spacial score (nSPS) is 12.7. The highest BCUT2D eigenvalue weighted by Crippen LogP contribution is 2.35. The number of nitrogens with zero attached hydrogens (tertiary/aromatic N) is 2. The lowest BCUT2D eigenvalue weighted by Gasteiger charge is -2.14. The molecule has 3 atom stereocenters. The van der Waals surface area contributed by atoms with Gasteiger partial charge < -0.3 is 14.6 Å². The van der Waals surface area contributed by atoms with Crippen molar-refractivity contribution in [1.82, 2.24) is 15.9 Å². The summed E-state index contributed by atoms with van der Waals surface area (Å²) in [6.45, 7) is 6.88. The third kappa shape index (κ3) is 13.9. The van der Waals surface area contributed by atoms with E-state index in [1.54, 1.807) is 43.4 Å². The zero-order valence-corrected chi connectivity index (χ0v) is 25.6. The molecule has 1 amide bonds. The molecule has 1 aromatic carbocycles. The van der Waals surface area contributed by atoms with Crippen molar-refractivity contribution in [3.05, 3.63) is 83.2 Å². The van der Waals surface area contributed by atoms with Crippen molar-refractivity contribution in [2.24, 2.45) is 5.10 Å². The van der Waals surface area contributed by atoms with Gasteiger partial charge in [-0.3, -0.25) is 14.6 Å². The van der Waals surface area contributed by atoms with Crippen LogP contribution in [0.3, 0.4) is 0 Å². The zero-order chi connectivity index (χ0) is 31.6. The molecule has 2 N–H and O–H groups in total. The first-order valence-corrected chi connectivity index (χ1v) is 13.2. The van der Waals surface area contributed by atoms with E-state index in [1.807, 2.05) is 0 Å². The first kappa shape index (κ1) is 37.9. The average molecular weight is 641 g/mol. The van der Waals surface area contributed by atoms with Gasteiger partial charge in [0.2, 0.25) is 0 Å². The van der Waals surface area contributed by atoms with Gasteiger partial charge in [-0.1, -0.05) is 57.4 Å². The molecule has 0 spiro atoms. The van der Waals surface area contributed by atoms with Crippen molar-refractivity contribution < 1.29 is 36.0 Å². The highest BCUT2D eigenvalue weighted by atomic mass is 35.5. The lowest BCUT2D eigenvalue weighted by atomic mass is 10.0. The number of allylic oxidation sites excluding steroid dienone is 6. The predicted molar refractivity (Wildman–Crippen MR) is 161 cm³/mol. The Labute approximate surface area is 245 Å². The molecule has 0 saturated carbocycles. The maximum atomic E-state index is 13.8. The number of para-hydroxylation sites is 1. The lowest BCUT2D eigenvalue weighted by molar-refractivity contribution is -0.0498. The summed E-state index contributed by atoms with van der Waals surface area (Å²) in [5.41, 5.74) is -1.38. The van der Waals surface area contributed by atoms with E-state index in [4.69, 9.17) is 16.1 Å². The number of hydrogen-bond acceptors (Lipinski definition) is 6. The van der Waals surface area contributed by atoms with Crippen molar-refractivity contribution >= 4 is 54.4 Å². The fourth-order valence-electron chi connectivity index (χ4n) is 2.77. The first-order chi connectivity index (χ1) is 19.3. The Morgan fingerprint density at radius 2 is 1.90 bits per heavy atom. The summed E-state index contributed by atoms with van der Waals surface area (Å²) >= 11 is 6.29. The van der Waals surface area contributed by atoms with Gasteiger partial charge in [0.05, 0.1) is 12.1 Å². The Bertz CT molecular complexity index is 1200. The molecule has 1 heterocycles. The van der Waals surface area contributed by atoms with Crippen LogP contribution in [0.25, 0.3) is 11.6 Å². The topological polar surface area (TPSA) is 88.8 Å². The molecule has 0 radical (unpaired) electrons. The van der Waals surface area contributed by atoms with E-state index in [0.717, 1.165) is 6.08 Å². The van der Waals surface area contributed by atoms with E-state index in [1.165, 1.54) is 35.3 Å². The zero-order valence-electron chi connectivity index (χ0n) is 22.5. The number of aromatic nitrogens is 1. The van der Waals surface area contributed by atoms with Crippen LogP contribution in [-0.2, 0) is 0 Å². The quantitative estimate of drug-likeness (QED) is 0.0674. The van der Waals surface area contributed by atoms with E-state index in [9.17, 15) is 26.7 Å². The number of carbonyl (C=O) groups excluding carboxylic acids is 1. The predicted octanol–water partition coefficient (Wildman–Crippen LogP) is 7.27. The van der Waals surface area contributed by atoms with E-state index in [2.05, 4.69) is 48.3 Å². The van der Waals surface area contributed by atoms with Crippen molar-refractivity contribution in [2.75, 3.05) is 13.7 Å². The number of halogens is 6. The molecule has 7 nitrogen and oxygen atoms in total. The largest absolute Gasteiger partial charge is 0.435 e. The molecular weight excluding hydrogens is 609 g/mol. The molecule has 0 aliphatic heterocycles. The average Bonchev–Trinajstić information content (AvgIpc) is 3.30. The van der Waals surface area contributed by atoms with E-state index < -0.39 is 29.3 Å². The van der Waals surface area contributed by atoms with Gasteiger partial charge in [-0.25, -0.2) is 0 Å². The van der Waals surface area contributed by atoms with Crippen LogP contribution in [0.1, 0.15) is 35.7 Å². The molecular formula is C26H32ClF5N4O3P2. The Morgan fingerprint density at radius 3 is 2.34 bits per heavy atom. The molecule has 226 valence electrons. The Hall–Kier alpha value is -3.07. The maximum Gasteiger partial charge on any atom is 0.387 e. The van der Waals surface area contributed by atoms with Crippen LogP contribution in [0.5, 0.6) is 5.75 Å². The second kappa shape index (κ2) is 19.9. The van der Waals surface area contributed by atoms with Crippen LogP contribution in [0.15, 0.2) is 75.8 Å². The molecule has 0 aliphatic carbocycles. The summed E-state index contributed by atoms with van der Waals surface area (Å²) in [5.74, 6) is -0.582. The summed E-state index contributed by atoms with van der Waals surface area (Å²) in [6, 6.07) is 7.96. The summed E-state index contributed by atoms with van der Waals surface area (Å²) in [4.78, 5) is 12.5. The molecule has 2 aromatic rings. The number of hydrogen-bond donors (Lipinski definition) is 2. The van der Waals surface area contributed by atoms with E-state index in [0.29, 0.717) is 10.9 Å². The van der Waals surface area contributed by atoms with Gasteiger partial charge in [-0.2, -0.15) is 22.7 Å². The number of benzene rings is 1. The fourth-order valence-corrected chi connectivity index (χ4v) is 3.75. The Balaban J connectivity index is 0.00000101. The van der Waals surface area contributed by atoms with E-state index >= 15 is 0 Å². The maximum absolute atomic E-state index is 13.8. The minimum atomic E-state index is -3.37. The minimum Gasteiger partial charge on any atom is -0.435 e. The van der Waals surface area contributed by atoms with Crippen LogP contribution < -0.4 is 15.5 Å². The highest BCUT2D eigenvalue weighted by Gasteiger charge is 2.31. The highest BCUT2D eigenvalue weighted by molar-refractivity contribution is 7.23. The number of hydrazone groups is 1. The SMILES string of the molecule is C=C/C=C\C(P)=C(\c1noc(/C=C(/NN=C)C(F)(F)P)c1C(=O)NC)C(C)Cl.CCF.FC(F)Oc1ccccc1. The summed E-state index contributed by atoms with van der Waals surface area (Å²) in [7, 11) is 5.24. The number of carbonyl (C=O) groups is 1. The second-order valence-corrected chi connectivity index (χ2v) is 9.34.